The first-order valence-electron chi connectivity index (χ1n) is 13.5. The molecule has 238 valence electrons. The van der Waals surface area contributed by atoms with Crippen LogP contribution in [0.2, 0.25) is 0 Å². The molecule has 4 N–H and O–H groups in total. The summed E-state index contributed by atoms with van der Waals surface area (Å²) >= 11 is 2.88. The van der Waals surface area contributed by atoms with E-state index in [0.29, 0.717) is 23.0 Å². The summed E-state index contributed by atoms with van der Waals surface area (Å²) in [6.45, 7) is -0.152. The summed E-state index contributed by atoms with van der Waals surface area (Å²) in [7, 11) is 1.35. The number of hydrogen-bond acceptors (Lipinski definition) is 7. The predicted molar refractivity (Wildman–Crippen MR) is 154 cm³/mol. The molecule has 2 amide bonds. The van der Waals surface area contributed by atoms with Gasteiger partial charge in [-0.3, -0.25) is 14.3 Å². The Balaban J connectivity index is 1.58. The first-order chi connectivity index (χ1) is 21.2. The molecule has 1 aliphatic rings. The van der Waals surface area contributed by atoms with Crippen molar-refractivity contribution in [1.29, 1.82) is 0 Å². The van der Waals surface area contributed by atoms with Gasteiger partial charge in [0.05, 0.1) is 42.0 Å². The van der Waals surface area contributed by atoms with Crippen LogP contribution in [0.25, 0.3) is 22.2 Å². The van der Waals surface area contributed by atoms with Crippen LogP contribution in [0.1, 0.15) is 52.2 Å². The molecule has 0 saturated heterocycles. The van der Waals surface area contributed by atoms with E-state index >= 15 is 0 Å². The van der Waals surface area contributed by atoms with Crippen LogP contribution in [0.5, 0.6) is 11.5 Å². The number of primary amides is 1. The number of fused-ring (bicyclic) bond motifs is 1. The molecule has 10 nitrogen and oxygen atoms in total. The number of pyridine rings is 1. The van der Waals surface area contributed by atoms with E-state index in [0.717, 1.165) is 18.9 Å². The normalized spacial score (nSPS) is 14.7. The quantitative estimate of drug-likeness (QED) is 0.154. The summed E-state index contributed by atoms with van der Waals surface area (Å²) in [5, 5.41) is 18.2. The highest BCUT2D eigenvalue weighted by Crippen LogP contribution is 2.43. The molecule has 4 aromatic rings. The smallest absolute Gasteiger partial charge is 0.424 e. The highest BCUT2D eigenvalue weighted by atomic mass is 79.9. The average molecular weight is 698 g/mol. The SMILES string of the molecule is CCOc1c(C(N)=O)cc([C@@](O)(CNC(=O)c2cc(OC)c3nn(C4CC4)cc3c2)C(F)(F)F)nc1-c1cc(Br)c(F)cc1F. The number of aliphatic hydroxyl groups is 1. The number of benzene rings is 2. The van der Waals surface area contributed by atoms with E-state index in [-0.39, 0.29) is 28.4 Å². The molecule has 16 heteroatoms. The van der Waals surface area contributed by atoms with Gasteiger partial charge < -0.3 is 25.6 Å². The molecule has 0 radical (unpaired) electrons. The molecule has 1 saturated carbocycles. The highest BCUT2D eigenvalue weighted by Gasteiger charge is 2.57. The summed E-state index contributed by atoms with van der Waals surface area (Å²) in [5.41, 5.74) is -1.22. The summed E-state index contributed by atoms with van der Waals surface area (Å²) in [6.07, 6.45) is -1.93. The lowest BCUT2D eigenvalue weighted by atomic mass is 9.94. The third kappa shape index (κ3) is 6.03. The minimum Gasteiger partial charge on any atom is -0.494 e. The summed E-state index contributed by atoms with van der Waals surface area (Å²) < 4.78 is 85.0. The van der Waals surface area contributed by atoms with E-state index in [9.17, 15) is 36.6 Å². The van der Waals surface area contributed by atoms with Crippen molar-refractivity contribution in [2.75, 3.05) is 20.3 Å². The number of nitrogens with one attached hydrogen (secondary N) is 1. The number of carbonyl (C=O) groups excluding carboxylic acids is 2. The van der Waals surface area contributed by atoms with Gasteiger partial charge in [0.2, 0.25) is 5.60 Å². The summed E-state index contributed by atoms with van der Waals surface area (Å²) in [4.78, 5) is 29.4. The molecule has 1 fully saturated rings. The van der Waals surface area contributed by atoms with E-state index in [1.54, 1.807) is 10.9 Å². The van der Waals surface area contributed by atoms with Gasteiger partial charge in [0, 0.05) is 28.8 Å². The maximum absolute atomic E-state index is 15.0. The number of ether oxygens (including phenoxy) is 2. The predicted octanol–water partition coefficient (Wildman–Crippen LogP) is 5.16. The van der Waals surface area contributed by atoms with E-state index < -0.39 is 70.0 Å². The molecule has 2 aromatic carbocycles. The lowest BCUT2D eigenvalue weighted by molar-refractivity contribution is -0.265. The molecule has 0 aliphatic heterocycles. The molecular weight excluding hydrogens is 673 g/mol. The van der Waals surface area contributed by atoms with Crippen LogP contribution in [0.4, 0.5) is 22.0 Å². The van der Waals surface area contributed by atoms with Gasteiger partial charge in [-0.2, -0.15) is 18.3 Å². The van der Waals surface area contributed by atoms with Crippen molar-refractivity contribution in [2.45, 2.75) is 37.6 Å². The number of nitrogens with two attached hydrogens (primary N) is 1. The van der Waals surface area contributed by atoms with Gasteiger partial charge in [0.15, 0.2) is 5.75 Å². The molecular formula is C29H25BrF5N5O5. The van der Waals surface area contributed by atoms with E-state index in [1.807, 2.05) is 0 Å². The molecule has 1 aliphatic carbocycles. The minimum absolute atomic E-state index is 0.0874. The molecule has 2 aromatic heterocycles. The number of carbonyl (C=O) groups is 2. The van der Waals surface area contributed by atoms with Crippen LogP contribution in [-0.4, -0.2) is 58.1 Å². The maximum Gasteiger partial charge on any atom is 0.424 e. The number of hydrogen-bond donors (Lipinski definition) is 3. The van der Waals surface area contributed by atoms with E-state index in [1.165, 1.54) is 26.2 Å². The molecule has 5 rings (SSSR count). The zero-order chi connectivity index (χ0) is 32.8. The van der Waals surface area contributed by atoms with Crippen LogP contribution in [0.15, 0.2) is 41.0 Å². The van der Waals surface area contributed by atoms with E-state index in [2.05, 4.69) is 31.3 Å². The second-order valence-electron chi connectivity index (χ2n) is 10.3. The van der Waals surface area contributed by atoms with Crippen molar-refractivity contribution < 1.29 is 46.1 Å². The summed E-state index contributed by atoms with van der Waals surface area (Å²) in [5.74, 6) is -4.86. The molecule has 45 heavy (non-hydrogen) atoms. The topological polar surface area (TPSA) is 142 Å². The van der Waals surface area contributed by atoms with Crippen molar-refractivity contribution in [3.05, 3.63) is 69.5 Å². The van der Waals surface area contributed by atoms with Gasteiger partial charge in [0.25, 0.3) is 11.8 Å². The van der Waals surface area contributed by atoms with Crippen LogP contribution in [-0.2, 0) is 5.60 Å². The lowest BCUT2D eigenvalue weighted by Crippen LogP contribution is -2.51. The second kappa shape index (κ2) is 11.9. The largest absolute Gasteiger partial charge is 0.494 e. The number of aromatic nitrogens is 3. The fourth-order valence-electron chi connectivity index (χ4n) is 4.69. The van der Waals surface area contributed by atoms with Gasteiger partial charge >= 0.3 is 6.18 Å². The zero-order valence-corrected chi connectivity index (χ0v) is 25.2. The minimum atomic E-state index is -5.50. The van der Waals surface area contributed by atoms with Gasteiger partial charge in [-0.1, -0.05) is 0 Å². The number of alkyl halides is 3. The Bertz CT molecular complexity index is 1830. The number of nitrogens with zero attached hydrogens (tertiary/aromatic N) is 3. The van der Waals surface area contributed by atoms with Gasteiger partial charge in [-0.25, -0.2) is 13.8 Å². The Morgan fingerprint density at radius 2 is 1.87 bits per heavy atom. The first-order valence-corrected chi connectivity index (χ1v) is 14.2. The van der Waals surface area contributed by atoms with E-state index in [4.69, 9.17) is 15.2 Å². The Kier molecular flexibility index (Phi) is 8.48. The average Bonchev–Trinajstić information content (AvgIpc) is 3.74. The molecule has 0 spiro atoms. The number of amides is 2. The third-order valence-corrected chi connectivity index (χ3v) is 7.79. The Hall–Kier alpha value is -4.31. The Morgan fingerprint density at radius 3 is 2.47 bits per heavy atom. The first kappa shape index (κ1) is 32.1. The van der Waals surface area contributed by atoms with Crippen molar-refractivity contribution in [2.24, 2.45) is 5.73 Å². The monoisotopic (exact) mass is 697 g/mol. The molecule has 1 atom stereocenters. The molecule has 0 unspecified atom stereocenters. The molecule has 2 heterocycles. The summed E-state index contributed by atoms with van der Waals surface area (Å²) in [6, 6.07) is 4.80. The van der Waals surface area contributed by atoms with Gasteiger partial charge in [-0.05, 0) is 60.0 Å². The van der Waals surface area contributed by atoms with Crippen LogP contribution < -0.4 is 20.5 Å². The second-order valence-corrected chi connectivity index (χ2v) is 11.1. The van der Waals surface area contributed by atoms with Crippen LogP contribution >= 0.6 is 15.9 Å². The standard InChI is InChI=1S/C29H25BrF5N5O5/c1-3-45-25-17(26(36)41)9-22(38-24(25)16-8-18(30)20(32)10-19(16)31)28(43,29(33,34)35)12-37-27(42)13-6-14-11-40(15-4-5-15)39-23(14)21(7-13)44-2/h6-11,15,43H,3-5,12H2,1-2H3,(H2,36,41)(H,37,42)/t28-/m0/s1. The van der Waals surface area contributed by atoms with Crippen molar-refractivity contribution in [3.8, 4) is 22.8 Å². The fourth-order valence-corrected chi connectivity index (χ4v) is 5.03. The zero-order valence-electron chi connectivity index (χ0n) is 23.6. The third-order valence-electron chi connectivity index (χ3n) is 7.18. The van der Waals surface area contributed by atoms with Gasteiger partial charge in [-0.15, -0.1) is 0 Å². The van der Waals surface area contributed by atoms with Crippen molar-refractivity contribution in [1.82, 2.24) is 20.1 Å². The van der Waals surface area contributed by atoms with Crippen LogP contribution in [0, 0.1) is 11.6 Å². The fraction of sp³-hybridized carbons (Fsp3) is 0.310. The van der Waals surface area contributed by atoms with Crippen molar-refractivity contribution >= 4 is 38.6 Å². The molecule has 0 bridgehead atoms. The van der Waals surface area contributed by atoms with Crippen molar-refractivity contribution in [3.63, 3.8) is 0 Å². The highest BCUT2D eigenvalue weighted by molar-refractivity contribution is 9.10. The Labute approximate surface area is 260 Å². The lowest BCUT2D eigenvalue weighted by Gasteiger charge is -2.31. The maximum atomic E-state index is 15.0. The number of methoxy groups -OCH3 is 1. The number of halogens is 6. The Morgan fingerprint density at radius 1 is 1.16 bits per heavy atom. The van der Waals surface area contributed by atoms with Gasteiger partial charge in [0.1, 0.15) is 28.6 Å². The van der Waals surface area contributed by atoms with Crippen LogP contribution in [0.3, 0.4) is 0 Å². The number of rotatable bonds is 10.